The molecule has 1 aliphatic carbocycles. The van der Waals surface area contributed by atoms with Gasteiger partial charge in [-0.2, -0.15) is 0 Å². The van der Waals surface area contributed by atoms with E-state index in [4.69, 9.17) is 4.74 Å². The normalized spacial score (nSPS) is 21.9. The number of carbonyl (C=O) groups is 1. The topological polar surface area (TPSA) is 41.6 Å². The Labute approximate surface area is 136 Å². The number of amides is 1. The number of nitrogens with zero attached hydrogens (tertiary/aromatic N) is 1. The van der Waals surface area contributed by atoms with Crippen molar-refractivity contribution in [2.45, 2.75) is 58.3 Å². The first-order valence-electron chi connectivity index (χ1n) is 9.37. The van der Waals surface area contributed by atoms with Crippen molar-refractivity contribution < 1.29 is 9.53 Å². The summed E-state index contributed by atoms with van der Waals surface area (Å²) in [6.45, 7) is 7.73. The molecule has 0 atom stereocenters. The van der Waals surface area contributed by atoms with Crippen LogP contribution in [0.3, 0.4) is 0 Å². The van der Waals surface area contributed by atoms with Gasteiger partial charge in [0.2, 0.25) is 5.91 Å². The minimum atomic E-state index is 0.231. The highest BCUT2D eigenvalue weighted by molar-refractivity contribution is 5.78. The van der Waals surface area contributed by atoms with Crippen LogP contribution < -0.4 is 5.32 Å². The number of ether oxygens (including phenoxy) is 1. The molecule has 0 bridgehead atoms. The monoisotopic (exact) mass is 310 g/mol. The van der Waals surface area contributed by atoms with Crippen LogP contribution >= 0.6 is 0 Å². The van der Waals surface area contributed by atoms with Gasteiger partial charge in [0, 0.05) is 32.2 Å². The lowest BCUT2D eigenvalue weighted by Crippen LogP contribution is -2.42. The van der Waals surface area contributed by atoms with Crippen LogP contribution in [0.25, 0.3) is 0 Å². The van der Waals surface area contributed by atoms with Gasteiger partial charge in [-0.3, -0.25) is 4.79 Å². The fraction of sp³-hybridized carbons (Fsp3) is 0.944. The van der Waals surface area contributed by atoms with Crippen LogP contribution in [0, 0.1) is 11.8 Å². The number of carbonyl (C=O) groups excluding carboxylic acids is 1. The lowest BCUT2D eigenvalue weighted by molar-refractivity contribution is -0.126. The van der Waals surface area contributed by atoms with Crippen LogP contribution in [-0.4, -0.2) is 50.2 Å². The summed E-state index contributed by atoms with van der Waals surface area (Å²) < 4.78 is 5.29. The lowest BCUT2D eigenvalue weighted by atomic mass is 9.88. The third-order valence-corrected chi connectivity index (χ3v) is 5.17. The van der Waals surface area contributed by atoms with Crippen LogP contribution in [0.4, 0.5) is 0 Å². The molecule has 1 saturated carbocycles. The first-order chi connectivity index (χ1) is 10.8. The van der Waals surface area contributed by atoms with E-state index in [1.807, 2.05) is 6.92 Å². The Kier molecular flexibility index (Phi) is 8.24. The van der Waals surface area contributed by atoms with Crippen molar-refractivity contribution in [1.82, 2.24) is 10.2 Å². The second-order valence-corrected chi connectivity index (χ2v) is 6.92. The Hall–Kier alpha value is -0.610. The summed E-state index contributed by atoms with van der Waals surface area (Å²) in [6, 6.07) is 0. The third-order valence-electron chi connectivity index (χ3n) is 5.17. The van der Waals surface area contributed by atoms with Gasteiger partial charge in [0.05, 0.1) is 0 Å². The van der Waals surface area contributed by atoms with Gasteiger partial charge in [-0.1, -0.05) is 19.3 Å². The maximum Gasteiger partial charge on any atom is 0.223 e. The molecule has 4 heteroatoms. The van der Waals surface area contributed by atoms with Crippen molar-refractivity contribution in [3.63, 3.8) is 0 Å². The number of likely N-dealkylation sites (tertiary alicyclic amines) is 1. The van der Waals surface area contributed by atoms with E-state index in [1.165, 1.54) is 38.6 Å². The quantitative estimate of drug-likeness (QED) is 0.701. The van der Waals surface area contributed by atoms with Crippen LogP contribution in [0.15, 0.2) is 0 Å². The highest BCUT2D eigenvalue weighted by Crippen LogP contribution is 2.26. The lowest BCUT2D eigenvalue weighted by Gasteiger charge is -2.34. The summed E-state index contributed by atoms with van der Waals surface area (Å²) in [5, 5.41) is 3.07. The molecule has 0 aromatic rings. The van der Waals surface area contributed by atoms with E-state index in [2.05, 4.69) is 10.2 Å². The summed E-state index contributed by atoms with van der Waals surface area (Å²) >= 11 is 0. The Bertz CT molecular complexity index is 308. The number of piperidine rings is 1. The highest BCUT2D eigenvalue weighted by atomic mass is 16.5. The van der Waals surface area contributed by atoms with Gasteiger partial charge in [0.15, 0.2) is 0 Å². The molecule has 1 heterocycles. The van der Waals surface area contributed by atoms with Crippen molar-refractivity contribution >= 4 is 5.91 Å². The molecule has 2 rings (SSSR count). The third kappa shape index (κ3) is 6.25. The van der Waals surface area contributed by atoms with Gasteiger partial charge in [-0.05, 0) is 58.0 Å². The van der Waals surface area contributed by atoms with Crippen molar-refractivity contribution in [3.8, 4) is 0 Å². The van der Waals surface area contributed by atoms with E-state index in [9.17, 15) is 4.79 Å². The number of nitrogens with one attached hydrogen (secondary N) is 1. The van der Waals surface area contributed by atoms with Crippen molar-refractivity contribution in [2.24, 2.45) is 11.8 Å². The van der Waals surface area contributed by atoms with Gasteiger partial charge in [0.25, 0.3) is 0 Å². The molecule has 2 fully saturated rings. The summed E-state index contributed by atoms with van der Waals surface area (Å²) in [5.41, 5.74) is 0. The summed E-state index contributed by atoms with van der Waals surface area (Å²) in [7, 11) is 0. The molecule has 0 aromatic carbocycles. The Morgan fingerprint density at radius 2 is 1.86 bits per heavy atom. The molecule has 1 amide bonds. The van der Waals surface area contributed by atoms with E-state index in [1.54, 1.807) is 0 Å². The fourth-order valence-corrected chi connectivity index (χ4v) is 3.79. The zero-order valence-electron chi connectivity index (χ0n) is 14.3. The zero-order chi connectivity index (χ0) is 15.6. The van der Waals surface area contributed by atoms with Gasteiger partial charge < -0.3 is 15.0 Å². The molecule has 4 nitrogen and oxygen atoms in total. The van der Waals surface area contributed by atoms with Gasteiger partial charge in [0.1, 0.15) is 0 Å². The maximum absolute atomic E-state index is 12.2. The molecule has 0 radical (unpaired) electrons. The van der Waals surface area contributed by atoms with Gasteiger partial charge in [-0.15, -0.1) is 0 Å². The molecule has 2 aliphatic rings. The van der Waals surface area contributed by atoms with Crippen LogP contribution in [0.2, 0.25) is 0 Å². The molecule has 0 spiro atoms. The van der Waals surface area contributed by atoms with Crippen molar-refractivity contribution in [2.75, 3.05) is 39.4 Å². The molecule has 22 heavy (non-hydrogen) atoms. The molecule has 0 aromatic heterocycles. The average molecular weight is 310 g/mol. The van der Waals surface area contributed by atoms with E-state index in [-0.39, 0.29) is 11.8 Å². The van der Waals surface area contributed by atoms with Crippen LogP contribution in [0.1, 0.15) is 58.3 Å². The molecular weight excluding hydrogens is 276 g/mol. The van der Waals surface area contributed by atoms with E-state index in [0.717, 1.165) is 58.0 Å². The second-order valence-electron chi connectivity index (χ2n) is 6.92. The predicted octanol–water partition coefficient (Wildman–Crippen LogP) is 2.82. The SMILES string of the molecule is CCOCCCNC(=O)C1CCN(CC2CCCCC2)CC1. The Morgan fingerprint density at radius 3 is 2.55 bits per heavy atom. The standard InChI is InChI=1S/C18H34N2O2/c1-2-22-14-6-11-19-18(21)17-9-12-20(13-10-17)15-16-7-4-3-5-8-16/h16-17H,2-15H2,1H3,(H,19,21). The van der Waals surface area contributed by atoms with E-state index < -0.39 is 0 Å². The summed E-state index contributed by atoms with van der Waals surface area (Å²) in [5.74, 6) is 1.40. The smallest absolute Gasteiger partial charge is 0.223 e. The Morgan fingerprint density at radius 1 is 1.14 bits per heavy atom. The van der Waals surface area contributed by atoms with Gasteiger partial charge in [-0.25, -0.2) is 0 Å². The van der Waals surface area contributed by atoms with Crippen LogP contribution in [0.5, 0.6) is 0 Å². The minimum absolute atomic E-state index is 0.231. The molecule has 1 saturated heterocycles. The van der Waals surface area contributed by atoms with Crippen LogP contribution in [-0.2, 0) is 9.53 Å². The molecule has 0 unspecified atom stereocenters. The van der Waals surface area contributed by atoms with Crippen molar-refractivity contribution in [1.29, 1.82) is 0 Å². The maximum atomic E-state index is 12.2. The highest BCUT2D eigenvalue weighted by Gasteiger charge is 2.26. The first-order valence-corrected chi connectivity index (χ1v) is 9.37. The average Bonchev–Trinajstić information content (AvgIpc) is 2.56. The van der Waals surface area contributed by atoms with Gasteiger partial charge >= 0.3 is 0 Å². The molecular formula is C18H34N2O2. The minimum Gasteiger partial charge on any atom is -0.382 e. The summed E-state index contributed by atoms with van der Waals surface area (Å²) in [6.07, 6.45) is 10.1. The number of hydrogen-bond donors (Lipinski definition) is 1. The predicted molar refractivity (Wildman–Crippen MR) is 89.9 cm³/mol. The van der Waals surface area contributed by atoms with E-state index >= 15 is 0 Å². The molecule has 1 N–H and O–H groups in total. The molecule has 1 aliphatic heterocycles. The largest absolute Gasteiger partial charge is 0.382 e. The summed E-state index contributed by atoms with van der Waals surface area (Å²) in [4.78, 5) is 14.7. The first kappa shape index (κ1) is 17.7. The zero-order valence-corrected chi connectivity index (χ0v) is 14.3. The number of rotatable bonds is 8. The second kappa shape index (κ2) is 10.2. The van der Waals surface area contributed by atoms with Crippen molar-refractivity contribution in [3.05, 3.63) is 0 Å². The Balaban J connectivity index is 1.56. The van der Waals surface area contributed by atoms with E-state index in [0.29, 0.717) is 0 Å². The number of hydrogen-bond acceptors (Lipinski definition) is 3. The fourth-order valence-electron chi connectivity index (χ4n) is 3.79. The molecule has 128 valence electrons.